The molecule has 2 saturated heterocycles. The molecule has 27 heavy (non-hydrogen) atoms. The molecule has 1 aromatic carbocycles. The molecular weight excluding hydrogens is 338 g/mol. The predicted molar refractivity (Wildman–Crippen MR) is 106 cm³/mol. The second-order valence-electron chi connectivity index (χ2n) is 7.42. The van der Waals surface area contributed by atoms with Gasteiger partial charge >= 0.3 is 0 Å². The van der Waals surface area contributed by atoms with E-state index in [0.717, 1.165) is 48.4 Å². The third-order valence-electron chi connectivity index (χ3n) is 5.86. The van der Waals surface area contributed by atoms with Gasteiger partial charge in [0.25, 0.3) is 5.91 Å². The van der Waals surface area contributed by atoms with Crippen LogP contribution in [0.15, 0.2) is 42.7 Å². The first-order valence-corrected chi connectivity index (χ1v) is 9.88. The van der Waals surface area contributed by atoms with Crippen molar-refractivity contribution in [2.24, 2.45) is 0 Å². The van der Waals surface area contributed by atoms with Crippen molar-refractivity contribution in [3.8, 4) is 16.9 Å². The topological polar surface area (TPSA) is 45.7 Å². The van der Waals surface area contributed by atoms with E-state index in [1.807, 2.05) is 35.2 Å². The van der Waals surface area contributed by atoms with Gasteiger partial charge in [-0.2, -0.15) is 0 Å². The summed E-state index contributed by atoms with van der Waals surface area (Å²) in [4.78, 5) is 21.6. The first-order chi connectivity index (χ1) is 13.3. The molecule has 1 amide bonds. The lowest BCUT2D eigenvalue weighted by atomic mass is 10.0. The molecule has 2 fully saturated rings. The molecule has 3 heterocycles. The van der Waals surface area contributed by atoms with Crippen molar-refractivity contribution in [1.82, 2.24) is 14.8 Å². The second-order valence-corrected chi connectivity index (χ2v) is 7.42. The molecule has 142 valence electrons. The number of pyridine rings is 1. The third kappa shape index (κ3) is 3.83. The van der Waals surface area contributed by atoms with Crippen molar-refractivity contribution in [1.29, 1.82) is 0 Å². The summed E-state index contributed by atoms with van der Waals surface area (Å²) >= 11 is 0. The van der Waals surface area contributed by atoms with Gasteiger partial charge in [-0.15, -0.1) is 0 Å². The quantitative estimate of drug-likeness (QED) is 0.832. The minimum Gasteiger partial charge on any atom is -0.494 e. The van der Waals surface area contributed by atoms with Crippen molar-refractivity contribution < 1.29 is 9.53 Å². The fourth-order valence-electron chi connectivity index (χ4n) is 4.30. The van der Waals surface area contributed by atoms with Crippen LogP contribution in [0.1, 0.15) is 36.0 Å². The fraction of sp³-hybridized carbons (Fsp3) is 0.455. The molecular formula is C22H27N3O2. The number of ether oxygens (including phenoxy) is 1. The van der Waals surface area contributed by atoms with Crippen molar-refractivity contribution in [3.63, 3.8) is 0 Å². The Hall–Kier alpha value is -2.40. The molecule has 0 saturated carbocycles. The average molecular weight is 365 g/mol. The van der Waals surface area contributed by atoms with Gasteiger partial charge in [0.05, 0.1) is 13.3 Å². The molecule has 0 atom stereocenters. The van der Waals surface area contributed by atoms with Crippen LogP contribution in [0.5, 0.6) is 5.75 Å². The Morgan fingerprint density at radius 1 is 1.04 bits per heavy atom. The lowest BCUT2D eigenvalue weighted by Crippen LogP contribution is -2.45. The molecule has 2 aliphatic rings. The molecule has 0 spiro atoms. The smallest absolute Gasteiger partial charge is 0.253 e. The van der Waals surface area contributed by atoms with Gasteiger partial charge in [0, 0.05) is 36.5 Å². The van der Waals surface area contributed by atoms with Crippen LogP contribution in [0, 0.1) is 0 Å². The number of aromatic nitrogens is 1. The summed E-state index contributed by atoms with van der Waals surface area (Å²) in [7, 11) is 1.64. The second kappa shape index (κ2) is 8.09. The summed E-state index contributed by atoms with van der Waals surface area (Å²) < 4.78 is 5.38. The van der Waals surface area contributed by atoms with Crippen LogP contribution in [0.2, 0.25) is 0 Å². The molecule has 0 bridgehead atoms. The number of rotatable bonds is 4. The minimum absolute atomic E-state index is 0.142. The van der Waals surface area contributed by atoms with Gasteiger partial charge in [-0.25, -0.2) is 0 Å². The number of hydrogen-bond donors (Lipinski definition) is 0. The number of likely N-dealkylation sites (tertiary alicyclic amines) is 2. The van der Waals surface area contributed by atoms with E-state index >= 15 is 0 Å². The van der Waals surface area contributed by atoms with Crippen LogP contribution in [-0.4, -0.2) is 60.0 Å². The molecule has 5 heteroatoms. The van der Waals surface area contributed by atoms with E-state index in [1.165, 1.54) is 25.9 Å². The molecule has 0 radical (unpaired) electrons. The fourth-order valence-corrected chi connectivity index (χ4v) is 4.30. The average Bonchev–Trinajstić information content (AvgIpc) is 3.28. The zero-order valence-corrected chi connectivity index (χ0v) is 15.9. The van der Waals surface area contributed by atoms with Crippen LogP contribution >= 0.6 is 0 Å². The summed E-state index contributed by atoms with van der Waals surface area (Å²) in [6.45, 7) is 4.19. The van der Waals surface area contributed by atoms with Gasteiger partial charge in [-0.3, -0.25) is 9.78 Å². The number of hydrogen-bond acceptors (Lipinski definition) is 4. The lowest BCUT2D eigenvalue weighted by Gasteiger charge is -2.36. The molecule has 2 aromatic rings. The van der Waals surface area contributed by atoms with Gasteiger partial charge in [-0.1, -0.05) is 12.1 Å². The number of benzene rings is 1. The molecule has 2 aliphatic heterocycles. The highest BCUT2D eigenvalue weighted by atomic mass is 16.5. The van der Waals surface area contributed by atoms with E-state index in [9.17, 15) is 4.79 Å². The van der Waals surface area contributed by atoms with Crippen molar-refractivity contribution in [3.05, 3.63) is 48.3 Å². The predicted octanol–water partition coefficient (Wildman–Crippen LogP) is 3.46. The SMILES string of the molecule is COc1cnccc1-c1ccc(C(=O)N2CCC(N3CCCC3)CC2)cc1. The first-order valence-electron chi connectivity index (χ1n) is 9.88. The van der Waals surface area contributed by atoms with Gasteiger partial charge in [0.1, 0.15) is 5.75 Å². The number of methoxy groups -OCH3 is 1. The Kier molecular flexibility index (Phi) is 5.39. The number of carbonyl (C=O) groups excluding carboxylic acids is 1. The van der Waals surface area contributed by atoms with Crippen LogP contribution < -0.4 is 4.74 Å². The molecule has 0 N–H and O–H groups in total. The Morgan fingerprint density at radius 3 is 2.41 bits per heavy atom. The van der Waals surface area contributed by atoms with Gasteiger partial charge in [0.2, 0.25) is 0 Å². The van der Waals surface area contributed by atoms with E-state index in [-0.39, 0.29) is 5.91 Å². The van der Waals surface area contributed by atoms with E-state index in [4.69, 9.17) is 4.74 Å². The monoisotopic (exact) mass is 365 g/mol. The van der Waals surface area contributed by atoms with Crippen molar-refractivity contribution >= 4 is 5.91 Å². The molecule has 1 aromatic heterocycles. The highest BCUT2D eigenvalue weighted by Gasteiger charge is 2.28. The summed E-state index contributed by atoms with van der Waals surface area (Å²) in [6, 6.07) is 10.4. The number of amides is 1. The Morgan fingerprint density at radius 2 is 1.74 bits per heavy atom. The van der Waals surface area contributed by atoms with E-state index in [0.29, 0.717) is 6.04 Å². The maximum atomic E-state index is 12.9. The molecule has 0 unspecified atom stereocenters. The van der Waals surface area contributed by atoms with E-state index in [2.05, 4.69) is 9.88 Å². The standard InChI is InChI=1S/C22H27N3O2/c1-27-21-16-23-11-8-20(21)17-4-6-18(7-5-17)22(26)25-14-9-19(10-15-25)24-12-2-3-13-24/h4-8,11,16,19H,2-3,9-10,12-15H2,1H3. The van der Waals surface area contributed by atoms with Gasteiger partial charge in [-0.05, 0) is 62.5 Å². The molecule has 4 rings (SSSR count). The minimum atomic E-state index is 0.142. The normalized spacial score (nSPS) is 18.6. The van der Waals surface area contributed by atoms with Crippen molar-refractivity contribution in [2.75, 3.05) is 33.3 Å². The van der Waals surface area contributed by atoms with Gasteiger partial charge in [0.15, 0.2) is 0 Å². The number of piperidine rings is 1. The Labute approximate surface area is 161 Å². The van der Waals surface area contributed by atoms with Crippen LogP contribution in [0.3, 0.4) is 0 Å². The van der Waals surface area contributed by atoms with E-state index < -0.39 is 0 Å². The molecule has 5 nitrogen and oxygen atoms in total. The summed E-state index contributed by atoms with van der Waals surface area (Å²) in [6.07, 6.45) is 8.30. The maximum absolute atomic E-state index is 12.9. The highest BCUT2D eigenvalue weighted by molar-refractivity contribution is 5.94. The Balaban J connectivity index is 1.41. The van der Waals surface area contributed by atoms with Crippen LogP contribution in [0.4, 0.5) is 0 Å². The third-order valence-corrected chi connectivity index (χ3v) is 5.86. The van der Waals surface area contributed by atoms with Gasteiger partial charge < -0.3 is 14.5 Å². The summed E-state index contributed by atoms with van der Waals surface area (Å²) in [5.74, 6) is 0.878. The highest BCUT2D eigenvalue weighted by Crippen LogP contribution is 2.29. The van der Waals surface area contributed by atoms with Crippen molar-refractivity contribution in [2.45, 2.75) is 31.7 Å². The number of carbonyl (C=O) groups is 1. The zero-order valence-electron chi connectivity index (χ0n) is 15.9. The summed E-state index contributed by atoms with van der Waals surface area (Å²) in [5.41, 5.74) is 2.77. The Bertz CT molecular complexity index is 776. The van der Waals surface area contributed by atoms with E-state index in [1.54, 1.807) is 19.5 Å². The number of nitrogens with zero attached hydrogens (tertiary/aromatic N) is 3. The lowest BCUT2D eigenvalue weighted by molar-refractivity contribution is 0.0644. The molecule has 0 aliphatic carbocycles. The largest absolute Gasteiger partial charge is 0.494 e. The zero-order chi connectivity index (χ0) is 18.6. The van der Waals surface area contributed by atoms with Crippen LogP contribution in [-0.2, 0) is 0 Å². The maximum Gasteiger partial charge on any atom is 0.253 e. The summed E-state index contributed by atoms with van der Waals surface area (Å²) in [5, 5.41) is 0. The van der Waals surface area contributed by atoms with Crippen LogP contribution in [0.25, 0.3) is 11.1 Å². The first kappa shape index (κ1) is 18.0.